The Kier molecular flexibility index (Phi) is 7.76. The fraction of sp³-hybridized carbons (Fsp3) is 0.417. The van der Waals surface area contributed by atoms with Crippen LogP contribution in [0.3, 0.4) is 0 Å². The molecule has 1 unspecified atom stereocenters. The molecule has 0 saturated carbocycles. The molecule has 1 heterocycles. The number of anilines is 1. The Morgan fingerprint density at radius 2 is 1.77 bits per heavy atom. The van der Waals surface area contributed by atoms with E-state index in [9.17, 15) is 14.0 Å². The molecule has 6 nitrogen and oxygen atoms in total. The Labute approximate surface area is 183 Å². The normalized spacial score (nSPS) is 15.5. The minimum Gasteiger partial charge on any atom is -0.327 e. The number of likely N-dealkylation sites (N-methyl/N-ethyl adjacent to an activating group) is 1. The molecule has 3 N–H and O–H groups in total. The second kappa shape index (κ2) is 10.5. The molecule has 2 aromatic rings. The first kappa shape index (κ1) is 22.9. The zero-order valence-electron chi connectivity index (χ0n) is 18.6. The molecule has 31 heavy (non-hydrogen) atoms. The third-order valence-corrected chi connectivity index (χ3v) is 5.81. The molecule has 1 aliphatic rings. The van der Waals surface area contributed by atoms with E-state index in [1.807, 2.05) is 4.90 Å². The summed E-state index contributed by atoms with van der Waals surface area (Å²) in [6.45, 7) is 8.66. The van der Waals surface area contributed by atoms with Crippen LogP contribution in [0, 0.1) is 19.7 Å². The van der Waals surface area contributed by atoms with Gasteiger partial charge in [0.1, 0.15) is 12.4 Å². The van der Waals surface area contributed by atoms with Crippen molar-refractivity contribution in [1.29, 1.82) is 0 Å². The lowest BCUT2D eigenvalue weighted by Crippen LogP contribution is -3.16. The van der Waals surface area contributed by atoms with Crippen molar-refractivity contribution in [2.24, 2.45) is 0 Å². The van der Waals surface area contributed by atoms with Crippen molar-refractivity contribution in [2.75, 3.05) is 51.6 Å². The number of nitrogens with one attached hydrogen (secondary N) is 3. The highest BCUT2D eigenvalue weighted by Gasteiger charge is 2.27. The lowest BCUT2D eigenvalue weighted by molar-refractivity contribution is -0.896. The third-order valence-electron chi connectivity index (χ3n) is 5.81. The van der Waals surface area contributed by atoms with E-state index in [1.165, 1.54) is 33.7 Å². The number of hydrogen-bond acceptors (Lipinski definition) is 2. The minimum absolute atomic E-state index is 0.0981. The average molecular weight is 429 g/mol. The van der Waals surface area contributed by atoms with Gasteiger partial charge in [0.15, 0.2) is 13.1 Å². The number of carbonyl (C=O) groups is 2. The highest BCUT2D eigenvalue weighted by Crippen LogP contribution is 2.09. The maximum Gasteiger partial charge on any atom is 0.279 e. The smallest absolute Gasteiger partial charge is 0.279 e. The molecule has 166 valence electrons. The molecule has 1 aliphatic heterocycles. The van der Waals surface area contributed by atoms with E-state index >= 15 is 0 Å². The Hall–Kier alpha value is -2.77. The molecule has 1 fully saturated rings. The number of carbonyl (C=O) groups excluding carboxylic acids is 2. The largest absolute Gasteiger partial charge is 0.327 e. The lowest BCUT2D eigenvalue weighted by Gasteiger charge is -2.32. The van der Waals surface area contributed by atoms with Gasteiger partial charge in [0.25, 0.3) is 11.8 Å². The number of benzene rings is 2. The molecule has 0 aromatic heterocycles. The zero-order chi connectivity index (χ0) is 22.4. The van der Waals surface area contributed by atoms with Crippen LogP contribution >= 0.6 is 0 Å². The van der Waals surface area contributed by atoms with Crippen molar-refractivity contribution in [1.82, 2.24) is 4.90 Å². The van der Waals surface area contributed by atoms with E-state index in [0.717, 1.165) is 24.5 Å². The van der Waals surface area contributed by atoms with Crippen LogP contribution in [0.5, 0.6) is 0 Å². The van der Waals surface area contributed by atoms with Crippen LogP contribution in [-0.2, 0) is 16.1 Å². The zero-order valence-corrected chi connectivity index (χ0v) is 18.6. The van der Waals surface area contributed by atoms with E-state index in [-0.39, 0.29) is 17.6 Å². The quantitative estimate of drug-likeness (QED) is 0.573. The van der Waals surface area contributed by atoms with Crippen molar-refractivity contribution in [3.8, 4) is 0 Å². The van der Waals surface area contributed by atoms with Crippen molar-refractivity contribution in [3.05, 3.63) is 65.0 Å². The molecule has 0 radical (unpaired) electrons. The standard InChI is InChI=1S/C24H31FN4O2/c1-18-4-5-20(19(2)14-18)15-27(3)17-24(31)29-12-10-28(11-13-29)16-23(30)26-22-8-6-21(25)7-9-22/h4-9,14H,10-13,15-17H2,1-3H3,(H,26,30)/p+2. The Morgan fingerprint density at radius 1 is 1.10 bits per heavy atom. The fourth-order valence-electron chi connectivity index (χ4n) is 4.02. The maximum atomic E-state index is 13.0. The van der Waals surface area contributed by atoms with Gasteiger partial charge < -0.3 is 20.0 Å². The Bertz CT molecular complexity index is 908. The predicted octanol–water partition coefficient (Wildman–Crippen LogP) is -0.177. The second-order valence-corrected chi connectivity index (χ2v) is 8.60. The molecule has 0 spiro atoms. The van der Waals surface area contributed by atoms with Crippen LogP contribution in [0.25, 0.3) is 0 Å². The first-order chi connectivity index (χ1) is 14.8. The van der Waals surface area contributed by atoms with Gasteiger partial charge in [-0.1, -0.05) is 23.8 Å². The van der Waals surface area contributed by atoms with Gasteiger partial charge in [-0.15, -0.1) is 0 Å². The van der Waals surface area contributed by atoms with Crippen LogP contribution in [-0.4, -0.2) is 63.0 Å². The van der Waals surface area contributed by atoms with Gasteiger partial charge in [0.2, 0.25) is 0 Å². The van der Waals surface area contributed by atoms with Gasteiger partial charge in [0, 0.05) is 11.3 Å². The van der Waals surface area contributed by atoms with E-state index < -0.39 is 0 Å². The van der Waals surface area contributed by atoms with Crippen molar-refractivity contribution < 1.29 is 23.8 Å². The number of quaternary nitrogens is 2. The summed E-state index contributed by atoms with van der Waals surface area (Å²) < 4.78 is 13.0. The first-order valence-electron chi connectivity index (χ1n) is 10.8. The van der Waals surface area contributed by atoms with E-state index in [2.05, 4.69) is 44.4 Å². The van der Waals surface area contributed by atoms with Gasteiger partial charge in [-0.3, -0.25) is 9.59 Å². The molecular weight excluding hydrogens is 395 g/mol. The van der Waals surface area contributed by atoms with Gasteiger partial charge in [-0.2, -0.15) is 0 Å². The summed E-state index contributed by atoms with van der Waals surface area (Å²) >= 11 is 0. The van der Waals surface area contributed by atoms with Crippen molar-refractivity contribution in [3.63, 3.8) is 0 Å². The molecule has 0 bridgehead atoms. The number of piperazine rings is 1. The molecule has 2 amide bonds. The summed E-state index contributed by atoms with van der Waals surface area (Å²) in [6, 6.07) is 12.2. The number of amides is 2. The maximum absolute atomic E-state index is 13.0. The van der Waals surface area contributed by atoms with E-state index in [1.54, 1.807) is 12.1 Å². The fourth-order valence-corrected chi connectivity index (χ4v) is 4.02. The predicted molar refractivity (Wildman–Crippen MR) is 119 cm³/mol. The third kappa shape index (κ3) is 6.87. The van der Waals surface area contributed by atoms with Gasteiger partial charge in [0.05, 0.1) is 33.2 Å². The molecule has 7 heteroatoms. The van der Waals surface area contributed by atoms with Crippen molar-refractivity contribution in [2.45, 2.75) is 20.4 Å². The topological polar surface area (TPSA) is 58.3 Å². The van der Waals surface area contributed by atoms with Crippen LogP contribution < -0.4 is 15.1 Å². The number of halogens is 1. The summed E-state index contributed by atoms with van der Waals surface area (Å²) in [7, 11) is 2.05. The second-order valence-electron chi connectivity index (χ2n) is 8.60. The molecule has 1 atom stereocenters. The minimum atomic E-state index is -0.328. The van der Waals surface area contributed by atoms with Gasteiger partial charge in [-0.05, 0) is 43.7 Å². The molecule has 3 rings (SSSR count). The molecular formula is C24H33FN4O2+2. The molecule has 1 saturated heterocycles. The van der Waals surface area contributed by atoms with E-state index in [4.69, 9.17) is 0 Å². The van der Waals surface area contributed by atoms with Crippen molar-refractivity contribution >= 4 is 17.5 Å². The van der Waals surface area contributed by atoms with Gasteiger partial charge >= 0.3 is 0 Å². The molecule has 0 aliphatic carbocycles. The highest BCUT2D eigenvalue weighted by molar-refractivity contribution is 5.91. The van der Waals surface area contributed by atoms with E-state index in [0.29, 0.717) is 31.9 Å². The SMILES string of the molecule is Cc1ccc(C[NH+](C)CC(=O)N2CC[NH+](CC(=O)Nc3ccc(F)cc3)CC2)c(C)c1. The monoisotopic (exact) mass is 428 g/mol. The first-order valence-corrected chi connectivity index (χ1v) is 10.8. The summed E-state index contributed by atoms with van der Waals surface area (Å²) in [5, 5.41) is 2.80. The van der Waals surface area contributed by atoms with Crippen LogP contribution in [0.4, 0.5) is 10.1 Å². The number of rotatable bonds is 7. The lowest BCUT2D eigenvalue weighted by atomic mass is 10.1. The summed E-state index contributed by atoms with van der Waals surface area (Å²) in [5.74, 6) is -0.262. The number of hydrogen-bond donors (Lipinski definition) is 3. The van der Waals surface area contributed by atoms with Crippen LogP contribution in [0.15, 0.2) is 42.5 Å². The summed E-state index contributed by atoms with van der Waals surface area (Å²) in [5.41, 5.74) is 4.39. The number of aryl methyl sites for hydroxylation is 2. The van der Waals surface area contributed by atoms with Crippen LogP contribution in [0.2, 0.25) is 0 Å². The van der Waals surface area contributed by atoms with Gasteiger partial charge in [-0.25, -0.2) is 4.39 Å². The Balaban J connectivity index is 1.40. The Morgan fingerprint density at radius 3 is 2.42 bits per heavy atom. The average Bonchev–Trinajstić information content (AvgIpc) is 2.72. The molecule has 2 aromatic carbocycles. The summed E-state index contributed by atoms with van der Waals surface area (Å²) in [4.78, 5) is 29.2. The number of nitrogens with zero attached hydrogens (tertiary/aromatic N) is 1. The highest BCUT2D eigenvalue weighted by atomic mass is 19.1. The van der Waals surface area contributed by atoms with Crippen LogP contribution in [0.1, 0.15) is 16.7 Å². The summed E-state index contributed by atoms with van der Waals surface area (Å²) in [6.07, 6.45) is 0.